The van der Waals surface area contributed by atoms with Gasteiger partial charge in [-0.25, -0.2) is 9.49 Å². The summed E-state index contributed by atoms with van der Waals surface area (Å²) in [5.74, 6) is 0.361. The Hall–Kier alpha value is -1.95. The van der Waals surface area contributed by atoms with Crippen molar-refractivity contribution in [3.8, 4) is 0 Å². The lowest BCUT2D eigenvalue weighted by molar-refractivity contribution is 0.188. The third-order valence-electron chi connectivity index (χ3n) is 4.98. The average molecular weight is 302 g/mol. The van der Waals surface area contributed by atoms with Crippen LogP contribution in [0.1, 0.15) is 24.5 Å². The van der Waals surface area contributed by atoms with Gasteiger partial charge in [-0.05, 0) is 44.5 Å². The molecule has 0 bridgehead atoms. The van der Waals surface area contributed by atoms with E-state index in [-0.39, 0.29) is 11.5 Å². The molecule has 0 aliphatic carbocycles. The molecule has 6 heteroatoms. The minimum atomic E-state index is -0.395. The Morgan fingerprint density at radius 3 is 3.09 bits per heavy atom. The topological polar surface area (TPSA) is 61.0 Å². The molecule has 2 aromatic rings. The number of H-pyrrole nitrogens is 1. The third-order valence-corrected chi connectivity index (χ3v) is 4.98. The summed E-state index contributed by atoms with van der Waals surface area (Å²) in [5.41, 5.74) is 1.26. The lowest BCUT2D eigenvalue weighted by atomic mass is 9.80. The molecule has 0 radical (unpaired) electrons. The number of hydrogen-bond acceptors (Lipinski definition) is 4. The third kappa shape index (κ3) is 2.09. The molecule has 0 saturated carbocycles. The molecule has 0 spiro atoms. The van der Waals surface area contributed by atoms with Crippen LogP contribution in [0.5, 0.6) is 0 Å². The fourth-order valence-electron chi connectivity index (χ4n) is 3.94. The van der Waals surface area contributed by atoms with Crippen LogP contribution in [-0.4, -0.2) is 41.8 Å². The highest BCUT2D eigenvalue weighted by Crippen LogP contribution is 2.39. The van der Waals surface area contributed by atoms with Crippen molar-refractivity contribution in [1.82, 2.24) is 15.1 Å². The lowest BCUT2D eigenvalue weighted by Crippen LogP contribution is -2.38. The van der Waals surface area contributed by atoms with Gasteiger partial charge < -0.3 is 10.2 Å². The van der Waals surface area contributed by atoms with Crippen LogP contribution in [0.15, 0.2) is 16.9 Å². The first-order valence-electron chi connectivity index (χ1n) is 7.77. The maximum Gasteiger partial charge on any atom is 0.272 e. The fraction of sp³-hybridized carbons (Fsp3) is 0.500. The number of rotatable bonds is 1. The van der Waals surface area contributed by atoms with Crippen LogP contribution in [0.2, 0.25) is 0 Å². The number of likely N-dealkylation sites (tertiary alicyclic amines) is 1. The molecule has 3 heterocycles. The van der Waals surface area contributed by atoms with Crippen molar-refractivity contribution in [1.29, 1.82) is 0 Å². The molecule has 4 rings (SSSR count). The van der Waals surface area contributed by atoms with E-state index in [1.807, 2.05) is 0 Å². The van der Waals surface area contributed by atoms with Gasteiger partial charge in [-0.15, -0.1) is 0 Å². The van der Waals surface area contributed by atoms with Crippen molar-refractivity contribution < 1.29 is 4.39 Å². The number of piperidine rings is 1. The van der Waals surface area contributed by atoms with Crippen LogP contribution in [-0.2, 0) is 0 Å². The molecule has 116 valence electrons. The van der Waals surface area contributed by atoms with E-state index in [2.05, 4.69) is 27.5 Å². The normalized spacial score (nSPS) is 25.2. The van der Waals surface area contributed by atoms with Gasteiger partial charge in [0.15, 0.2) is 0 Å². The minimum absolute atomic E-state index is 0.250. The van der Waals surface area contributed by atoms with Gasteiger partial charge in [0.2, 0.25) is 0 Å². The number of aromatic amines is 1. The van der Waals surface area contributed by atoms with Gasteiger partial charge >= 0.3 is 0 Å². The van der Waals surface area contributed by atoms with Gasteiger partial charge in [0.05, 0.1) is 11.1 Å². The van der Waals surface area contributed by atoms with E-state index in [0.29, 0.717) is 17.0 Å². The molecule has 2 N–H and O–H groups in total. The Labute approximate surface area is 127 Å². The lowest BCUT2D eigenvalue weighted by Gasteiger charge is -2.37. The van der Waals surface area contributed by atoms with E-state index in [9.17, 15) is 9.18 Å². The Bertz CT molecular complexity index is 788. The number of halogens is 1. The number of nitrogens with one attached hydrogen (secondary N) is 2. The zero-order chi connectivity index (χ0) is 15.3. The maximum atomic E-state index is 13.7. The predicted molar refractivity (Wildman–Crippen MR) is 83.8 cm³/mol. The second-order valence-corrected chi connectivity index (χ2v) is 6.47. The second kappa shape index (κ2) is 5.05. The van der Waals surface area contributed by atoms with Crippen molar-refractivity contribution in [2.75, 3.05) is 32.0 Å². The highest BCUT2D eigenvalue weighted by molar-refractivity contribution is 5.96. The van der Waals surface area contributed by atoms with Crippen LogP contribution >= 0.6 is 0 Å². The molecule has 2 aliphatic rings. The van der Waals surface area contributed by atoms with E-state index in [1.54, 1.807) is 0 Å². The second-order valence-electron chi connectivity index (χ2n) is 6.47. The summed E-state index contributed by atoms with van der Waals surface area (Å²) in [6.45, 7) is 2.90. The number of benzene rings is 1. The SMILES string of the molecule is CN1CCC[C@@H]([C@H]2CNc3cc(F)cc4c(=O)[nH]nc2c34)C1. The average Bonchev–Trinajstić information content (AvgIpc) is 2.50. The highest BCUT2D eigenvalue weighted by Gasteiger charge is 2.33. The molecule has 1 aromatic carbocycles. The summed E-state index contributed by atoms with van der Waals surface area (Å²) >= 11 is 0. The van der Waals surface area contributed by atoms with E-state index >= 15 is 0 Å². The van der Waals surface area contributed by atoms with Crippen LogP contribution in [0, 0.1) is 11.7 Å². The van der Waals surface area contributed by atoms with Gasteiger partial charge in [-0.1, -0.05) is 0 Å². The standard InChI is InChI=1S/C16H19FN4O/c1-21-4-2-3-9(8-21)12-7-18-13-6-10(17)5-11-14(13)15(12)19-20-16(11)22/h5-6,9,12,18H,2-4,7-8H2,1H3,(H,20,22)/t9-,12-/m1/s1. The first-order valence-corrected chi connectivity index (χ1v) is 7.77. The van der Waals surface area contributed by atoms with Gasteiger partial charge in [-0.2, -0.15) is 5.10 Å². The zero-order valence-electron chi connectivity index (χ0n) is 12.5. The molecule has 5 nitrogen and oxygen atoms in total. The molecule has 2 atom stereocenters. The van der Waals surface area contributed by atoms with Crippen LogP contribution in [0.3, 0.4) is 0 Å². The Morgan fingerprint density at radius 2 is 2.27 bits per heavy atom. The number of aromatic nitrogens is 2. The molecule has 1 saturated heterocycles. The quantitative estimate of drug-likeness (QED) is 0.845. The molecule has 0 unspecified atom stereocenters. The molecule has 1 fully saturated rings. The molecular formula is C16H19FN4O. The number of nitrogens with zero attached hydrogens (tertiary/aromatic N) is 2. The van der Waals surface area contributed by atoms with Gasteiger partial charge in [-0.3, -0.25) is 4.79 Å². The fourth-order valence-corrected chi connectivity index (χ4v) is 3.94. The molecule has 2 aliphatic heterocycles. The largest absolute Gasteiger partial charge is 0.384 e. The molecular weight excluding hydrogens is 283 g/mol. The summed E-state index contributed by atoms with van der Waals surface area (Å²) in [6, 6.07) is 2.76. The van der Waals surface area contributed by atoms with E-state index < -0.39 is 5.82 Å². The summed E-state index contributed by atoms with van der Waals surface area (Å²) in [4.78, 5) is 14.3. The van der Waals surface area contributed by atoms with Crippen molar-refractivity contribution in [3.63, 3.8) is 0 Å². The first-order chi connectivity index (χ1) is 10.6. The number of anilines is 1. The van der Waals surface area contributed by atoms with E-state index in [4.69, 9.17) is 0 Å². The summed E-state index contributed by atoms with van der Waals surface area (Å²) in [5, 5.41) is 11.4. The van der Waals surface area contributed by atoms with Crippen molar-refractivity contribution >= 4 is 16.5 Å². The number of hydrogen-bond donors (Lipinski definition) is 2. The summed E-state index contributed by atoms with van der Waals surface area (Å²) < 4.78 is 13.7. The zero-order valence-corrected chi connectivity index (χ0v) is 12.5. The Kier molecular flexibility index (Phi) is 3.14. The van der Waals surface area contributed by atoms with Crippen LogP contribution in [0.4, 0.5) is 10.1 Å². The molecule has 1 aromatic heterocycles. The summed E-state index contributed by atoms with van der Waals surface area (Å²) in [6.07, 6.45) is 2.34. The van der Waals surface area contributed by atoms with Crippen LogP contribution < -0.4 is 10.9 Å². The maximum absolute atomic E-state index is 13.7. The minimum Gasteiger partial charge on any atom is -0.384 e. The smallest absolute Gasteiger partial charge is 0.272 e. The van der Waals surface area contributed by atoms with E-state index in [1.165, 1.54) is 18.6 Å². The molecule has 0 amide bonds. The first kappa shape index (κ1) is 13.7. The van der Waals surface area contributed by atoms with Gasteiger partial charge in [0.1, 0.15) is 5.82 Å². The Morgan fingerprint density at radius 1 is 1.41 bits per heavy atom. The van der Waals surface area contributed by atoms with Crippen molar-refractivity contribution in [3.05, 3.63) is 34.0 Å². The van der Waals surface area contributed by atoms with E-state index in [0.717, 1.165) is 37.1 Å². The van der Waals surface area contributed by atoms with Crippen LogP contribution in [0.25, 0.3) is 10.8 Å². The van der Waals surface area contributed by atoms with Crippen molar-refractivity contribution in [2.24, 2.45) is 5.92 Å². The Balaban J connectivity index is 1.86. The highest BCUT2D eigenvalue weighted by atomic mass is 19.1. The monoisotopic (exact) mass is 302 g/mol. The molecule has 22 heavy (non-hydrogen) atoms. The summed E-state index contributed by atoms with van der Waals surface area (Å²) in [7, 11) is 2.14. The van der Waals surface area contributed by atoms with Gasteiger partial charge in [0.25, 0.3) is 5.56 Å². The van der Waals surface area contributed by atoms with Gasteiger partial charge in [0, 0.05) is 30.1 Å². The predicted octanol–water partition coefficient (Wildman–Crippen LogP) is 1.91. The van der Waals surface area contributed by atoms with Crippen molar-refractivity contribution in [2.45, 2.75) is 18.8 Å².